The van der Waals surface area contributed by atoms with Gasteiger partial charge in [0, 0.05) is 19.0 Å². The number of likely N-dealkylation sites (tertiary alicyclic amines) is 2. The molecule has 5 heteroatoms. The molecule has 0 radical (unpaired) electrons. The summed E-state index contributed by atoms with van der Waals surface area (Å²) in [5, 5.41) is 9.46. The predicted molar refractivity (Wildman–Crippen MR) is 112 cm³/mol. The summed E-state index contributed by atoms with van der Waals surface area (Å²) in [5.41, 5.74) is 2.09. The van der Waals surface area contributed by atoms with Crippen molar-refractivity contribution in [2.24, 2.45) is 0 Å². The Morgan fingerprint density at radius 1 is 1.07 bits per heavy atom. The molecule has 2 fully saturated rings. The van der Waals surface area contributed by atoms with Crippen molar-refractivity contribution in [1.82, 2.24) is 9.80 Å². The lowest BCUT2D eigenvalue weighted by Gasteiger charge is -2.38. The minimum atomic E-state index is -1.01. The van der Waals surface area contributed by atoms with Gasteiger partial charge in [-0.15, -0.1) is 0 Å². The first-order valence-corrected chi connectivity index (χ1v) is 10.6. The fourth-order valence-electron chi connectivity index (χ4n) is 4.95. The van der Waals surface area contributed by atoms with E-state index in [2.05, 4.69) is 19.1 Å². The second-order valence-electron chi connectivity index (χ2n) is 8.17. The third-order valence-electron chi connectivity index (χ3n) is 6.49. The Hall–Kier alpha value is -2.40. The van der Waals surface area contributed by atoms with Crippen molar-refractivity contribution in [3.8, 4) is 5.75 Å². The Kier molecular flexibility index (Phi) is 5.86. The summed E-state index contributed by atoms with van der Waals surface area (Å²) in [6, 6.07) is 16.9. The van der Waals surface area contributed by atoms with Crippen molar-refractivity contribution >= 4 is 5.91 Å². The van der Waals surface area contributed by atoms with Crippen LogP contribution in [0.4, 0.5) is 4.39 Å². The number of benzene rings is 2. The van der Waals surface area contributed by atoms with E-state index in [1.54, 1.807) is 24.3 Å². The van der Waals surface area contributed by atoms with Gasteiger partial charge in [0.2, 0.25) is 5.91 Å². The molecule has 4 atom stereocenters. The summed E-state index contributed by atoms with van der Waals surface area (Å²) in [6.07, 6.45) is 1.31. The number of hydrogen-bond donors (Lipinski definition) is 1. The van der Waals surface area contributed by atoms with Crippen LogP contribution in [0.2, 0.25) is 0 Å². The zero-order valence-electron chi connectivity index (χ0n) is 16.9. The quantitative estimate of drug-likeness (QED) is 0.821. The zero-order valence-corrected chi connectivity index (χ0v) is 16.9. The zero-order chi connectivity index (χ0) is 20.4. The molecule has 0 spiro atoms. The minimum Gasteiger partial charge on any atom is -0.508 e. The van der Waals surface area contributed by atoms with Crippen LogP contribution < -0.4 is 0 Å². The molecular formula is C24H29FN2O2. The van der Waals surface area contributed by atoms with E-state index >= 15 is 4.39 Å². The number of rotatable bonds is 5. The van der Waals surface area contributed by atoms with Gasteiger partial charge in [-0.1, -0.05) is 49.4 Å². The molecule has 2 saturated heterocycles. The van der Waals surface area contributed by atoms with Crippen LogP contribution in [0, 0.1) is 0 Å². The molecule has 2 aromatic rings. The number of piperidine rings is 1. The summed E-state index contributed by atoms with van der Waals surface area (Å²) in [4.78, 5) is 17.2. The average molecular weight is 397 g/mol. The monoisotopic (exact) mass is 396 g/mol. The predicted octanol–water partition coefficient (Wildman–Crippen LogP) is 4.27. The SMILES string of the molecule is CC[C@@H](c1ccccc1)N1CCC(N2CC[C@@H](c3ccc(O)cc3)[C@H](F)C2)C1=O. The highest BCUT2D eigenvalue weighted by Crippen LogP contribution is 2.35. The highest BCUT2D eigenvalue weighted by molar-refractivity contribution is 5.84. The molecule has 2 heterocycles. The normalized spacial score (nSPS) is 26.6. The lowest BCUT2D eigenvalue weighted by atomic mass is 9.87. The number of amides is 1. The second-order valence-corrected chi connectivity index (χ2v) is 8.17. The summed E-state index contributed by atoms with van der Waals surface area (Å²) < 4.78 is 15.0. The van der Waals surface area contributed by atoms with Gasteiger partial charge in [0.05, 0.1) is 12.1 Å². The number of carbonyl (C=O) groups excluding carboxylic acids is 1. The third kappa shape index (κ3) is 4.01. The van der Waals surface area contributed by atoms with Crippen LogP contribution in [-0.4, -0.2) is 52.7 Å². The van der Waals surface area contributed by atoms with Gasteiger partial charge >= 0.3 is 0 Å². The van der Waals surface area contributed by atoms with E-state index in [0.29, 0.717) is 6.42 Å². The number of hydrogen-bond acceptors (Lipinski definition) is 3. The molecule has 0 saturated carbocycles. The average Bonchev–Trinajstić information content (AvgIpc) is 3.11. The molecule has 154 valence electrons. The van der Waals surface area contributed by atoms with E-state index in [-0.39, 0.29) is 36.2 Å². The van der Waals surface area contributed by atoms with Crippen LogP contribution in [-0.2, 0) is 4.79 Å². The summed E-state index contributed by atoms with van der Waals surface area (Å²) >= 11 is 0. The fraction of sp³-hybridized carbons (Fsp3) is 0.458. The van der Waals surface area contributed by atoms with Crippen LogP contribution in [0.25, 0.3) is 0 Å². The highest BCUT2D eigenvalue weighted by atomic mass is 19.1. The van der Waals surface area contributed by atoms with Gasteiger partial charge in [-0.05, 0) is 49.1 Å². The molecule has 0 aliphatic carbocycles. The lowest BCUT2D eigenvalue weighted by Crippen LogP contribution is -2.49. The van der Waals surface area contributed by atoms with Gasteiger partial charge in [0.1, 0.15) is 11.9 Å². The van der Waals surface area contributed by atoms with Crippen LogP contribution in [0.3, 0.4) is 0 Å². The van der Waals surface area contributed by atoms with E-state index < -0.39 is 6.17 Å². The number of nitrogens with zero attached hydrogens (tertiary/aromatic N) is 2. The van der Waals surface area contributed by atoms with Gasteiger partial charge in [-0.25, -0.2) is 4.39 Å². The topological polar surface area (TPSA) is 43.8 Å². The maximum atomic E-state index is 15.0. The third-order valence-corrected chi connectivity index (χ3v) is 6.49. The smallest absolute Gasteiger partial charge is 0.240 e. The maximum Gasteiger partial charge on any atom is 0.240 e. The molecular weight excluding hydrogens is 367 g/mol. The molecule has 2 aliphatic rings. The largest absolute Gasteiger partial charge is 0.508 e. The minimum absolute atomic E-state index is 0.0874. The van der Waals surface area contributed by atoms with Crippen LogP contribution in [0.1, 0.15) is 49.3 Å². The van der Waals surface area contributed by atoms with Crippen molar-refractivity contribution in [1.29, 1.82) is 0 Å². The van der Waals surface area contributed by atoms with Crippen molar-refractivity contribution in [3.05, 3.63) is 65.7 Å². The Morgan fingerprint density at radius 2 is 1.79 bits per heavy atom. The van der Waals surface area contributed by atoms with Crippen molar-refractivity contribution in [2.45, 2.75) is 50.4 Å². The second kappa shape index (κ2) is 8.54. The Bertz CT molecular complexity index is 827. The Morgan fingerprint density at radius 3 is 2.45 bits per heavy atom. The number of phenols is 1. The van der Waals surface area contributed by atoms with Gasteiger partial charge in [0.15, 0.2) is 0 Å². The molecule has 2 aliphatic heterocycles. The number of carbonyl (C=O) groups is 1. The fourth-order valence-corrected chi connectivity index (χ4v) is 4.95. The first-order chi connectivity index (χ1) is 14.1. The summed E-state index contributed by atoms with van der Waals surface area (Å²) in [7, 11) is 0. The van der Waals surface area contributed by atoms with Crippen LogP contribution in [0.15, 0.2) is 54.6 Å². The Balaban J connectivity index is 1.42. The van der Waals surface area contributed by atoms with Crippen molar-refractivity contribution in [3.63, 3.8) is 0 Å². The highest BCUT2D eigenvalue weighted by Gasteiger charge is 2.42. The van der Waals surface area contributed by atoms with E-state index in [1.165, 1.54) is 5.56 Å². The van der Waals surface area contributed by atoms with Gasteiger partial charge in [-0.2, -0.15) is 0 Å². The lowest BCUT2D eigenvalue weighted by molar-refractivity contribution is -0.135. The molecule has 4 nitrogen and oxygen atoms in total. The van der Waals surface area contributed by atoms with E-state index in [9.17, 15) is 9.90 Å². The molecule has 29 heavy (non-hydrogen) atoms. The van der Waals surface area contributed by atoms with Crippen molar-refractivity contribution < 1.29 is 14.3 Å². The molecule has 1 amide bonds. The van der Waals surface area contributed by atoms with Gasteiger partial charge in [-0.3, -0.25) is 9.69 Å². The first kappa shape index (κ1) is 19.9. The van der Waals surface area contributed by atoms with Gasteiger partial charge < -0.3 is 10.0 Å². The van der Waals surface area contributed by atoms with Crippen molar-refractivity contribution in [2.75, 3.05) is 19.6 Å². The summed E-state index contributed by atoms with van der Waals surface area (Å²) in [6.45, 7) is 3.85. The molecule has 0 bridgehead atoms. The Labute approximate surface area is 171 Å². The summed E-state index contributed by atoms with van der Waals surface area (Å²) in [5.74, 6) is 0.158. The molecule has 1 unspecified atom stereocenters. The molecule has 1 N–H and O–H groups in total. The molecule has 2 aromatic carbocycles. The standard InChI is InChI=1S/C24H29FN2O2/c1-2-22(18-6-4-3-5-7-18)27-15-13-23(24(27)29)26-14-12-20(21(25)16-26)17-8-10-19(28)11-9-17/h3-11,20-23,28H,2,12-16H2,1H3/t20-,21+,22-,23?/m0/s1. The van der Waals surface area contributed by atoms with E-state index in [1.807, 2.05) is 28.0 Å². The maximum absolute atomic E-state index is 15.0. The molecule has 0 aromatic heterocycles. The number of phenolic OH excluding ortho intramolecular Hbond substituents is 1. The number of alkyl halides is 1. The molecule has 4 rings (SSSR count). The number of aromatic hydroxyl groups is 1. The van der Waals surface area contributed by atoms with Crippen LogP contribution >= 0.6 is 0 Å². The van der Waals surface area contributed by atoms with Gasteiger partial charge in [0.25, 0.3) is 0 Å². The van der Waals surface area contributed by atoms with E-state index in [0.717, 1.165) is 31.5 Å². The number of halogens is 1. The van der Waals surface area contributed by atoms with E-state index in [4.69, 9.17) is 0 Å². The first-order valence-electron chi connectivity index (χ1n) is 10.6. The van der Waals surface area contributed by atoms with Crippen LogP contribution in [0.5, 0.6) is 5.75 Å².